The molecule has 3 heterocycles. The van der Waals surface area contributed by atoms with Crippen molar-refractivity contribution in [2.24, 2.45) is 0 Å². The first-order valence-corrected chi connectivity index (χ1v) is 25.9. The molecule has 1 aliphatic carbocycles. The molecule has 0 bridgehead atoms. The number of ketones is 1. The highest BCUT2D eigenvalue weighted by Gasteiger charge is 2.50. The molecule has 68 heavy (non-hydrogen) atoms. The van der Waals surface area contributed by atoms with Crippen molar-refractivity contribution in [3.63, 3.8) is 0 Å². The van der Waals surface area contributed by atoms with Crippen LogP contribution in [0.1, 0.15) is 76.8 Å². The average molecular weight is 1010 g/mol. The van der Waals surface area contributed by atoms with Gasteiger partial charge in [0.05, 0.1) is 69.3 Å². The molecule has 0 spiro atoms. The number of anilines is 1. The van der Waals surface area contributed by atoms with Gasteiger partial charge in [0.15, 0.2) is 5.71 Å². The number of Topliss-reactive ketones (excluding diaryl/α,β-unsaturated/α-hetero) is 1. The number of hydroxylamine groups is 2. The van der Waals surface area contributed by atoms with E-state index in [9.17, 15) is 63.2 Å². The standard InChI is InChI=1S/C44H53N3O18S3/c1-5-45-34-11-9-28(67(56,57)58)24-32(34)43(2,15-7-23-66(53,54)55)36(45)26-30-41(51)31(42(30)52)27-37-44(3,16-18-63-21-22-64-20-19-62-4)33-25-29(68(59,60)61)10-12-35(33)46(37)17-6-8-40(50)65-47-38(48)13-14-39(47)49/h9-12,24-27H,5-8,13-23H2,1-4H3,(H3-,51,52,53,54,55,56,57,58,59,60,61)/p-2. The number of allylic oxidation sites excluding steroid dienone is 5. The summed E-state index contributed by atoms with van der Waals surface area (Å²) in [5.74, 6) is -4.14. The number of nitrogens with zero attached hydrogens (tertiary/aromatic N) is 3. The van der Waals surface area contributed by atoms with Crippen molar-refractivity contribution in [2.75, 3.05) is 63.9 Å². The maximum Gasteiger partial charge on any atom is 0.333 e. The number of hydrogen-bond donors (Lipinski definition) is 1. The molecule has 370 valence electrons. The lowest BCUT2D eigenvalue weighted by Crippen LogP contribution is -2.35. The summed E-state index contributed by atoms with van der Waals surface area (Å²) >= 11 is 0. The van der Waals surface area contributed by atoms with Crippen molar-refractivity contribution < 1.29 is 86.8 Å². The largest absolute Gasteiger partial charge is 0.748 e. The molecular formula is C44H51N3O18S3-2. The molecule has 4 aliphatic rings. The van der Waals surface area contributed by atoms with Crippen LogP contribution in [0.5, 0.6) is 0 Å². The molecule has 3 aliphatic heterocycles. The van der Waals surface area contributed by atoms with E-state index in [-0.39, 0.29) is 89.0 Å². The lowest BCUT2D eigenvalue weighted by atomic mass is 9.74. The monoisotopic (exact) mass is 1010 g/mol. The van der Waals surface area contributed by atoms with E-state index in [1.165, 1.54) is 43.5 Å². The van der Waals surface area contributed by atoms with Gasteiger partial charge in [-0.2, -0.15) is 4.58 Å². The van der Waals surface area contributed by atoms with E-state index >= 15 is 0 Å². The highest BCUT2D eigenvalue weighted by atomic mass is 32.2. The molecule has 0 aromatic heterocycles. The van der Waals surface area contributed by atoms with Gasteiger partial charge in [0, 0.05) is 79.8 Å². The Hall–Kier alpha value is -5.18. The van der Waals surface area contributed by atoms with Gasteiger partial charge in [-0.1, -0.05) is 0 Å². The third kappa shape index (κ3) is 11.0. The van der Waals surface area contributed by atoms with Crippen LogP contribution in [0.3, 0.4) is 0 Å². The third-order valence-electron chi connectivity index (χ3n) is 12.5. The summed E-state index contributed by atoms with van der Waals surface area (Å²) in [7, 11) is -13.1. The van der Waals surface area contributed by atoms with E-state index in [1.807, 2.05) is 0 Å². The van der Waals surface area contributed by atoms with Gasteiger partial charge in [-0.05, 0) is 82.0 Å². The smallest absolute Gasteiger partial charge is 0.333 e. The number of ether oxygens (including phenoxy) is 3. The number of rotatable bonds is 23. The molecule has 6 rings (SSSR count). The highest BCUT2D eigenvalue weighted by molar-refractivity contribution is 7.86. The number of hydrogen-bond acceptors (Lipinski definition) is 19. The molecular weight excluding hydrogens is 955 g/mol. The second kappa shape index (κ2) is 20.4. The minimum absolute atomic E-state index is 0.00579. The Bertz CT molecular complexity index is 2860. The fourth-order valence-electron chi connectivity index (χ4n) is 8.92. The zero-order chi connectivity index (χ0) is 50.0. The quantitative estimate of drug-likeness (QED) is 0.0550. The normalized spacial score (nSPS) is 22.0. The maximum absolute atomic E-state index is 14.4. The fraction of sp³-hybridized carbons (Fsp3) is 0.477. The summed E-state index contributed by atoms with van der Waals surface area (Å²) in [6, 6.07) is 7.44. The lowest BCUT2D eigenvalue weighted by Gasteiger charge is -2.32. The Kier molecular flexibility index (Phi) is 15.7. The van der Waals surface area contributed by atoms with Gasteiger partial charge in [-0.15, -0.1) is 5.06 Å². The number of imide groups is 1. The first kappa shape index (κ1) is 52.2. The van der Waals surface area contributed by atoms with Crippen LogP contribution >= 0.6 is 0 Å². The van der Waals surface area contributed by atoms with Crippen LogP contribution in [-0.4, -0.2) is 142 Å². The SMILES string of the molecule is CCN1C(=CC2=C(O)C(=CC3=[N+](CCCC(=O)ON4C(=O)CCC4=O)c4ccc(S(=O)(=O)[O-])cc4C3(C)CCOCCOCCOC)C2=O)C(C)(CCCS(=O)(=O)[O-])c2cc(S(=O)(=O)[O-])ccc21. The lowest BCUT2D eigenvalue weighted by molar-refractivity contribution is -0.438. The van der Waals surface area contributed by atoms with Crippen LogP contribution in [0, 0.1) is 0 Å². The van der Waals surface area contributed by atoms with Crippen molar-refractivity contribution in [3.05, 3.63) is 82.3 Å². The summed E-state index contributed by atoms with van der Waals surface area (Å²) in [6.45, 7) is 6.44. The molecule has 2 amide bonds. The Morgan fingerprint density at radius 2 is 1.41 bits per heavy atom. The summed E-state index contributed by atoms with van der Waals surface area (Å²) in [5, 5.41) is 12.2. The van der Waals surface area contributed by atoms with Crippen molar-refractivity contribution in [2.45, 2.75) is 86.3 Å². The van der Waals surface area contributed by atoms with Crippen LogP contribution in [0.15, 0.2) is 80.9 Å². The minimum Gasteiger partial charge on any atom is -0.748 e. The number of amides is 2. The summed E-state index contributed by atoms with van der Waals surface area (Å²) in [5.41, 5.74) is -0.764. The number of carbonyl (C=O) groups excluding carboxylic acids is 4. The second-order valence-corrected chi connectivity index (χ2v) is 21.2. The number of benzene rings is 2. The molecule has 2 atom stereocenters. The number of likely N-dealkylation sites (N-methyl/N-ethyl adjacent to an activating group) is 1. The van der Waals surface area contributed by atoms with Crippen LogP contribution < -0.4 is 4.90 Å². The van der Waals surface area contributed by atoms with E-state index in [4.69, 9.17) is 19.0 Å². The molecule has 2 aromatic rings. The molecule has 0 saturated carbocycles. The van der Waals surface area contributed by atoms with Crippen molar-refractivity contribution >= 4 is 71.0 Å². The zero-order valence-electron chi connectivity index (χ0n) is 37.7. The Balaban J connectivity index is 1.43. The minimum atomic E-state index is -4.99. The average Bonchev–Trinajstić information content (AvgIpc) is 3.79. The Morgan fingerprint density at radius 3 is 2.00 bits per heavy atom. The first-order chi connectivity index (χ1) is 31.9. The van der Waals surface area contributed by atoms with Gasteiger partial charge >= 0.3 is 5.97 Å². The van der Waals surface area contributed by atoms with Gasteiger partial charge in [0.25, 0.3) is 11.8 Å². The van der Waals surface area contributed by atoms with Crippen LogP contribution in [0.4, 0.5) is 11.4 Å². The third-order valence-corrected chi connectivity index (χ3v) is 14.9. The van der Waals surface area contributed by atoms with E-state index in [0.717, 1.165) is 12.1 Å². The summed E-state index contributed by atoms with van der Waals surface area (Å²) in [6.07, 6.45) is 2.17. The molecule has 0 radical (unpaired) electrons. The predicted molar refractivity (Wildman–Crippen MR) is 235 cm³/mol. The Labute approximate surface area is 393 Å². The predicted octanol–water partition coefficient (Wildman–Crippen LogP) is 2.64. The zero-order valence-corrected chi connectivity index (χ0v) is 40.1. The topological polar surface area (TPSA) is 307 Å². The fourth-order valence-corrected chi connectivity index (χ4v) is 10.4. The van der Waals surface area contributed by atoms with Crippen LogP contribution in [0.2, 0.25) is 0 Å². The van der Waals surface area contributed by atoms with Gasteiger partial charge in [0.2, 0.25) is 11.5 Å². The van der Waals surface area contributed by atoms with Gasteiger partial charge in [0.1, 0.15) is 32.5 Å². The van der Waals surface area contributed by atoms with Crippen LogP contribution in [0.25, 0.3) is 0 Å². The van der Waals surface area contributed by atoms with Crippen molar-refractivity contribution in [3.8, 4) is 0 Å². The Morgan fingerprint density at radius 1 is 0.809 bits per heavy atom. The van der Waals surface area contributed by atoms with E-state index < -0.39 is 86.1 Å². The number of methoxy groups -OCH3 is 1. The van der Waals surface area contributed by atoms with E-state index in [0.29, 0.717) is 52.2 Å². The summed E-state index contributed by atoms with van der Waals surface area (Å²) in [4.78, 5) is 57.0. The number of aliphatic hydroxyl groups is 1. The van der Waals surface area contributed by atoms with E-state index in [1.54, 1.807) is 30.2 Å². The number of carbonyl (C=O) groups is 4. The molecule has 1 N–H and O–H groups in total. The van der Waals surface area contributed by atoms with Crippen LogP contribution in [-0.2, 0) is 79.4 Å². The van der Waals surface area contributed by atoms with Crippen molar-refractivity contribution in [1.82, 2.24) is 5.06 Å². The van der Waals surface area contributed by atoms with Gasteiger partial charge in [-0.25, -0.2) is 30.0 Å². The van der Waals surface area contributed by atoms with E-state index in [2.05, 4.69) is 0 Å². The summed E-state index contributed by atoms with van der Waals surface area (Å²) < 4.78 is 126. The molecule has 24 heteroatoms. The molecule has 2 unspecified atom stereocenters. The highest BCUT2D eigenvalue weighted by Crippen LogP contribution is 2.52. The van der Waals surface area contributed by atoms with Gasteiger partial charge in [-0.3, -0.25) is 14.4 Å². The maximum atomic E-state index is 14.4. The molecule has 2 aromatic carbocycles. The number of aliphatic hydroxyl groups excluding tert-OH is 1. The van der Waals surface area contributed by atoms with Crippen molar-refractivity contribution in [1.29, 1.82) is 0 Å². The molecule has 1 saturated heterocycles. The van der Waals surface area contributed by atoms with Gasteiger partial charge < -0.3 is 42.7 Å². The molecule has 21 nitrogen and oxygen atoms in total. The number of fused-ring (bicyclic) bond motifs is 2. The second-order valence-electron chi connectivity index (χ2n) is 16.9. The molecule has 1 fully saturated rings. The first-order valence-electron chi connectivity index (χ1n) is 21.6.